The number of carbonyl (C=O) groups excluding carboxylic acids is 1. The standard InChI is InChI=1S/C20H32O3S/c1-3-4-5-6-7-8-9-10-11-12-19(21)17-24(22,23)20-15-13-18(2)14-16-20/h13-16H,3-12,17H2,1-2H3. The number of carbonyl (C=O) groups is 1. The highest BCUT2D eigenvalue weighted by atomic mass is 32.2. The van der Waals surface area contributed by atoms with Crippen LogP contribution in [0.5, 0.6) is 0 Å². The van der Waals surface area contributed by atoms with E-state index in [0.717, 1.165) is 24.8 Å². The minimum atomic E-state index is -3.49. The summed E-state index contributed by atoms with van der Waals surface area (Å²) in [6.45, 7) is 4.13. The van der Waals surface area contributed by atoms with Crippen LogP contribution >= 0.6 is 0 Å². The number of benzene rings is 1. The van der Waals surface area contributed by atoms with Crippen LogP contribution in [-0.2, 0) is 14.6 Å². The molecule has 0 aromatic heterocycles. The summed E-state index contributed by atoms with van der Waals surface area (Å²) in [5.41, 5.74) is 1.01. The molecule has 0 aliphatic heterocycles. The lowest BCUT2D eigenvalue weighted by atomic mass is 10.1. The molecule has 0 spiro atoms. The highest BCUT2D eigenvalue weighted by Crippen LogP contribution is 2.14. The number of hydrogen-bond donors (Lipinski definition) is 0. The van der Waals surface area contributed by atoms with Crippen molar-refractivity contribution in [3.05, 3.63) is 29.8 Å². The molecule has 0 saturated heterocycles. The van der Waals surface area contributed by atoms with Crippen molar-refractivity contribution in [3.8, 4) is 0 Å². The molecule has 24 heavy (non-hydrogen) atoms. The largest absolute Gasteiger partial charge is 0.299 e. The van der Waals surface area contributed by atoms with Crippen LogP contribution in [0.15, 0.2) is 29.2 Å². The second-order valence-corrected chi connectivity index (χ2v) is 8.68. The third kappa shape index (κ3) is 8.62. The molecule has 0 amide bonds. The van der Waals surface area contributed by atoms with E-state index in [-0.39, 0.29) is 16.4 Å². The van der Waals surface area contributed by atoms with Gasteiger partial charge in [-0.05, 0) is 25.5 Å². The van der Waals surface area contributed by atoms with Gasteiger partial charge in [0.25, 0.3) is 0 Å². The number of ketones is 1. The summed E-state index contributed by atoms with van der Waals surface area (Å²) in [5.74, 6) is -0.536. The monoisotopic (exact) mass is 352 g/mol. The van der Waals surface area contributed by atoms with Crippen molar-refractivity contribution < 1.29 is 13.2 Å². The average molecular weight is 353 g/mol. The van der Waals surface area contributed by atoms with Gasteiger partial charge < -0.3 is 0 Å². The van der Waals surface area contributed by atoms with Gasteiger partial charge in [0, 0.05) is 6.42 Å². The van der Waals surface area contributed by atoms with Crippen molar-refractivity contribution in [1.82, 2.24) is 0 Å². The van der Waals surface area contributed by atoms with Crippen LogP contribution in [0, 0.1) is 6.92 Å². The van der Waals surface area contributed by atoms with E-state index < -0.39 is 9.84 Å². The van der Waals surface area contributed by atoms with E-state index in [2.05, 4.69) is 6.92 Å². The Hall–Kier alpha value is -1.16. The minimum Gasteiger partial charge on any atom is -0.299 e. The highest BCUT2D eigenvalue weighted by molar-refractivity contribution is 7.92. The number of rotatable bonds is 13. The number of Topliss-reactive ketones (excluding diaryl/α,β-unsaturated/α-hetero) is 1. The molecule has 0 bridgehead atoms. The van der Waals surface area contributed by atoms with Gasteiger partial charge in [-0.1, -0.05) is 76.0 Å². The first kappa shape index (κ1) is 20.9. The Balaban J connectivity index is 2.18. The van der Waals surface area contributed by atoms with E-state index in [9.17, 15) is 13.2 Å². The Morgan fingerprint density at radius 1 is 0.833 bits per heavy atom. The van der Waals surface area contributed by atoms with Gasteiger partial charge in [-0.15, -0.1) is 0 Å². The lowest BCUT2D eigenvalue weighted by Gasteiger charge is -2.05. The molecule has 0 aliphatic rings. The van der Waals surface area contributed by atoms with Gasteiger partial charge in [-0.3, -0.25) is 4.79 Å². The van der Waals surface area contributed by atoms with Crippen LogP contribution in [0.4, 0.5) is 0 Å². The Morgan fingerprint density at radius 2 is 1.33 bits per heavy atom. The molecule has 0 heterocycles. The molecule has 1 aromatic carbocycles. The first-order valence-corrected chi connectivity index (χ1v) is 10.9. The van der Waals surface area contributed by atoms with Crippen molar-refractivity contribution in [1.29, 1.82) is 0 Å². The predicted molar refractivity (Wildman–Crippen MR) is 100 cm³/mol. The summed E-state index contributed by atoms with van der Waals surface area (Å²) in [4.78, 5) is 12.2. The second kappa shape index (κ2) is 11.4. The van der Waals surface area contributed by atoms with Crippen LogP contribution in [0.3, 0.4) is 0 Å². The van der Waals surface area contributed by atoms with Crippen LogP contribution in [-0.4, -0.2) is 20.0 Å². The molecule has 0 aliphatic carbocycles. The average Bonchev–Trinajstić information content (AvgIpc) is 2.53. The molecule has 1 aromatic rings. The third-order valence-corrected chi connectivity index (χ3v) is 5.98. The quantitative estimate of drug-likeness (QED) is 0.455. The Bertz CT molecular complexity index is 573. The topological polar surface area (TPSA) is 51.2 Å². The van der Waals surface area contributed by atoms with Gasteiger partial charge in [0.1, 0.15) is 11.5 Å². The van der Waals surface area contributed by atoms with Gasteiger partial charge in [0.05, 0.1) is 4.90 Å². The number of aryl methyl sites for hydroxylation is 1. The molecule has 0 fully saturated rings. The Labute approximate surface area is 147 Å². The van der Waals surface area contributed by atoms with Crippen LogP contribution in [0.1, 0.15) is 76.7 Å². The van der Waals surface area contributed by atoms with Gasteiger partial charge in [-0.2, -0.15) is 0 Å². The molecule has 0 saturated carbocycles. The second-order valence-electron chi connectivity index (χ2n) is 6.69. The molecule has 0 radical (unpaired) electrons. The van der Waals surface area contributed by atoms with Crippen LogP contribution in [0.2, 0.25) is 0 Å². The van der Waals surface area contributed by atoms with E-state index in [1.54, 1.807) is 24.3 Å². The minimum absolute atomic E-state index is 0.168. The fourth-order valence-electron chi connectivity index (χ4n) is 2.75. The summed E-state index contributed by atoms with van der Waals surface area (Å²) in [6.07, 6.45) is 11.1. The molecule has 0 unspecified atom stereocenters. The first-order chi connectivity index (χ1) is 11.5. The first-order valence-electron chi connectivity index (χ1n) is 9.27. The smallest absolute Gasteiger partial charge is 0.185 e. The van der Waals surface area contributed by atoms with Gasteiger partial charge in [-0.25, -0.2) is 8.42 Å². The Morgan fingerprint density at radius 3 is 1.88 bits per heavy atom. The van der Waals surface area contributed by atoms with Crippen molar-refractivity contribution >= 4 is 15.6 Å². The normalized spacial score (nSPS) is 11.6. The summed E-state index contributed by atoms with van der Waals surface area (Å²) in [5, 5.41) is 0. The van der Waals surface area contributed by atoms with Crippen LogP contribution < -0.4 is 0 Å². The maximum Gasteiger partial charge on any atom is 0.185 e. The fraction of sp³-hybridized carbons (Fsp3) is 0.650. The van der Waals surface area contributed by atoms with Crippen molar-refractivity contribution in [2.75, 3.05) is 5.75 Å². The van der Waals surface area contributed by atoms with Gasteiger partial charge in [0.15, 0.2) is 9.84 Å². The fourth-order valence-corrected chi connectivity index (χ4v) is 4.03. The summed E-state index contributed by atoms with van der Waals surface area (Å²) < 4.78 is 24.4. The van der Waals surface area contributed by atoms with Crippen molar-refractivity contribution in [3.63, 3.8) is 0 Å². The third-order valence-electron chi connectivity index (χ3n) is 4.29. The zero-order valence-corrected chi connectivity index (χ0v) is 16.0. The molecule has 136 valence electrons. The highest BCUT2D eigenvalue weighted by Gasteiger charge is 2.18. The number of hydrogen-bond acceptors (Lipinski definition) is 3. The maximum absolute atomic E-state index is 12.2. The van der Waals surface area contributed by atoms with Crippen molar-refractivity contribution in [2.45, 2.75) is 83.0 Å². The van der Waals surface area contributed by atoms with E-state index in [4.69, 9.17) is 0 Å². The lowest BCUT2D eigenvalue weighted by Crippen LogP contribution is -2.16. The van der Waals surface area contributed by atoms with Crippen LogP contribution in [0.25, 0.3) is 0 Å². The molecular weight excluding hydrogens is 320 g/mol. The van der Waals surface area contributed by atoms with E-state index in [1.165, 1.54) is 38.5 Å². The molecule has 1 rings (SSSR count). The number of sulfone groups is 1. The molecule has 0 atom stereocenters. The molecule has 0 N–H and O–H groups in total. The molecule has 3 nitrogen and oxygen atoms in total. The SMILES string of the molecule is CCCCCCCCCCCC(=O)CS(=O)(=O)c1ccc(C)cc1. The van der Waals surface area contributed by atoms with Gasteiger partial charge >= 0.3 is 0 Å². The summed E-state index contributed by atoms with van der Waals surface area (Å²) in [7, 11) is -3.49. The summed E-state index contributed by atoms with van der Waals surface area (Å²) >= 11 is 0. The van der Waals surface area contributed by atoms with Crippen molar-refractivity contribution in [2.24, 2.45) is 0 Å². The van der Waals surface area contributed by atoms with Gasteiger partial charge in [0.2, 0.25) is 0 Å². The zero-order chi connectivity index (χ0) is 17.8. The number of unbranched alkanes of at least 4 members (excludes halogenated alkanes) is 8. The van der Waals surface area contributed by atoms with E-state index in [0.29, 0.717) is 6.42 Å². The maximum atomic E-state index is 12.2. The summed E-state index contributed by atoms with van der Waals surface area (Å²) in [6, 6.07) is 6.68. The van der Waals surface area contributed by atoms with E-state index >= 15 is 0 Å². The predicted octanol–water partition coefficient (Wildman–Crippen LogP) is 5.26. The molecule has 4 heteroatoms. The Kier molecular flexibility index (Phi) is 9.92. The molecular formula is C20H32O3S. The lowest BCUT2D eigenvalue weighted by molar-refractivity contribution is -0.116. The van der Waals surface area contributed by atoms with E-state index in [1.807, 2.05) is 6.92 Å². The zero-order valence-electron chi connectivity index (χ0n) is 15.2.